The second-order valence-electron chi connectivity index (χ2n) is 4.08. The molecule has 0 radical (unpaired) electrons. The average Bonchev–Trinajstić information content (AvgIpc) is 2.35. The first-order valence-electron chi connectivity index (χ1n) is 6.39. The van der Waals surface area contributed by atoms with E-state index < -0.39 is 0 Å². The number of Topliss-reactive ketones (excluding diaryl/α,β-unsaturated/α-hetero) is 1. The normalized spacial score (nSPS) is 10.2. The fourth-order valence-corrected chi connectivity index (χ4v) is 1.67. The molecule has 0 aliphatic heterocycles. The zero-order valence-electron chi connectivity index (χ0n) is 10.7. The number of unbranched alkanes of at least 4 members (excludes halogenated alkanes) is 3. The van der Waals surface area contributed by atoms with Gasteiger partial charge in [-0.25, -0.2) is 0 Å². The lowest BCUT2D eigenvalue weighted by atomic mass is 10.1. The number of rotatable bonds is 8. The van der Waals surface area contributed by atoms with E-state index in [1.807, 2.05) is 6.92 Å². The van der Waals surface area contributed by atoms with Crippen molar-refractivity contribution in [2.45, 2.75) is 46.0 Å². The zero-order chi connectivity index (χ0) is 12.5. The Labute approximate surface area is 103 Å². The molecule has 3 heteroatoms. The smallest absolute Gasteiger partial charge is 0.164 e. The van der Waals surface area contributed by atoms with Crippen LogP contribution in [0.4, 0.5) is 0 Å². The molecule has 0 aliphatic carbocycles. The number of hydrogen-bond donors (Lipinski definition) is 0. The van der Waals surface area contributed by atoms with Gasteiger partial charge in [-0.1, -0.05) is 26.2 Å². The minimum Gasteiger partial charge on any atom is -0.492 e. The van der Waals surface area contributed by atoms with Crippen LogP contribution in [0.1, 0.15) is 56.3 Å². The summed E-state index contributed by atoms with van der Waals surface area (Å²) in [6.07, 6.45) is 8.34. The molecule has 1 aromatic rings. The van der Waals surface area contributed by atoms with Crippen LogP contribution in [0.15, 0.2) is 18.5 Å². The third-order valence-electron chi connectivity index (χ3n) is 2.60. The highest BCUT2D eigenvalue weighted by atomic mass is 16.5. The van der Waals surface area contributed by atoms with Crippen molar-refractivity contribution in [3.8, 4) is 5.75 Å². The van der Waals surface area contributed by atoms with E-state index in [-0.39, 0.29) is 5.78 Å². The Kier molecular flexibility index (Phi) is 6.30. The van der Waals surface area contributed by atoms with Gasteiger partial charge in [0.25, 0.3) is 0 Å². The molecule has 1 heterocycles. The van der Waals surface area contributed by atoms with Crippen molar-refractivity contribution >= 4 is 5.78 Å². The zero-order valence-corrected chi connectivity index (χ0v) is 10.7. The highest BCUT2D eigenvalue weighted by molar-refractivity contribution is 5.96. The first kappa shape index (κ1) is 13.7. The van der Waals surface area contributed by atoms with Gasteiger partial charge >= 0.3 is 0 Å². The first-order valence-corrected chi connectivity index (χ1v) is 6.39. The van der Waals surface area contributed by atoms with E-state index in [4.69, 9.17) is 4.74 Å². The molecule has 0 saturated carbocycles. The van der Waals surface area contributed by atoms with Crippen LogP contribution in [-0.4, -0.2) is 17.4 Å². The second-order valence-corrected chi connectivity index (χ2v) is 4.08. The fourth-order valence-electron chi connectivity index (χ4n) is 1.67. The van der Waals surface area contributed by atoms with Gasteiger partial charge in [-0.3, -0.25) is 9.78 Å². The maximum atomic E-state index is 11.9. The van der Waals surface area contributed by atoms with Crippen LogP contribution in [0.2, 0.25) is 0 Å². The molecule has 0 fully saturated rings. The van der Waals surface area contributed by atoms with Crippen molar-refractivity contribution in [3.63, 3.8) is 0 Å². The molecule has 0 bridgehead atoms. The molecule has 0 N–H and O–H groups in total. The van der Waals surface area contributed by atoms with E-state index in [2.05, 4.69) is 11.9 Å². The van der Waals surface area contributed by atoms with Crippen LogP contribution in [0.25, 0.3) is 0 Å². The van der Waals surface area contributed by atoms with Crippen LogP contribution >= 0.6 is 0 Å². The summed E-state index contributed by atoms with van der Waals surface area (Å²) >= 11 is 0. The molecule has 0 amide bonds. The number of carbonyl (C=O) groups excluding carboxylic acids is 1. The number of aromatic nitrogens is 1. The van der Waals surface area contributed by atoms with Crippen molar-refractivity contribution in [1.29, 1.82) is 0 Å². The Balaban J connectivity index is 2.47. The molecule has 94 valence electrons. The Morgan fingerprint density at radius 1 is 1.24 bits per heavy atom. The Morgan fingerprint density at radius 2 is 2.06 bits per heavy atom. The number of ketones is 1. The molecule has 1 rings (SSSR count). The highest BCUT2D eigenvalue weighted by Crippen LogP contribution is 2.14. The van der Waals surface area contributed by atoms with Crippen molar-refractivity contribution in [2.24, 2.45) is 0 Å². The van der Waals surface area contributed by atoms with Crippen molar-refractivity contribution in [1.82, 2.24) is 4.98 Å². The molecule has 0 spiro atoms. The van der Waals surface area contributed by atoms with Crippen LogP contribution < -0.4 is 4.74 Å². The molecule has 3 nitrogen and oxygen atoms in total. The van der Waals surface area contributed by atoms with Crippen molar-refractivity contribution in [2.75, 3.05) is 6.61 Å². The maximum Gasteiger partial charge on any atom is 0.164 e. The number of nitrogens with zero attached hydrogens (tertiary/aromatic N) is 1. The van der Waals surface area contributed by atoms with E-state index in [1.165, 1.54) is 12.8 Å². The van der Waals surface area contributed by atoms with E-state index in [1.54, 1.807) is 18.5 Å². The molecule has 0 atom stereocenters. The lowest BCUT2D eigenvalue weighted by Crippen LogP contribution is -2.01. The van der Waals surface area contributed by atoms with E-state index >= 15 is 0 Å². The Morgan fingerprint density at radius 3 is 2.76 bits per heavy atom. The molecular formula is C14H21NO2. The van der Waals surface area contributed by atoms with E-state index in [9.17, 15) is 4.79 Å². The van der Waals surface area contributed by atoms with Crippen LogP contribution in [0.5, 0.6) is 5.75 Å². The second kappa shape index (κ2) is 7.82. The summed E-state index contributed by atoms with van der Waals surface area (Å²) < 4.78 is 5.32. The summed E-state index contributed by atoms with van der Waals surface area (Å²) in [7, 11) is 0. The SMILES string of the molecule is CCCCCCC(=O)c1cncc(OCC)c1. The largest absolute Gasteiger partial charge is 0.492 e. The molecule has 0 unspecified atom stereocenters. The lowest BCUT2D eigenvalue weighted by molar-refractivity contribution is 0.0978. The van der Waals surface area contributed by atoms with Crippen LogP contribution in [0.3, 0.4) is 0 Å². The summed E-state index contributed by atoms with van der Waals surface area (Å²) in [5.74, 6) is 0.835. The molecule has 0 aliphatic rings. The predicted molar refractivity (Wildman–Crippen MR) is 68.5 cm³/mol. The summed E-state index contributed by atoms with van der Waals surface area (Å²) in [4.78, 5) is 15.9. The lowest BCUT2D eigenvalue weighted by Gasteiger charge is -2.04. The van der Waals surface area contributed by atoms with Gasteiger partial charge in [-0.15, -0.1) is 0 Å². The fraction of sp³-hybridized carbons (Fsp3) is 0.571. The Hall–Kier alpha value is -1.38. The molecule has 17 heavy (non-hydrogen) atoms. The monoisotopic (exact) mass is 235 g/mol. The van der Waals surface area contributed by atoms with Gasteiger partial charge in [-0.05, 0) is 19.4 Å². The molecular weight excluding hydrogens is 214 g/mol. The third kappa shape index (κ3) is 4.98. The van der Waals surface area contributed by atoms with Gasteiger partial charge in [-0.2, -0.15) is 0 Å². The van der Waals surface area contributed by atoms with E-state index in [0.29, 0.717) is 24.3 Å². The van der Waals surface area contributed by atoms with Crippen LogP contribution in [-0.2, 0) is 0 Å². The first-order chi connectivity index (χ1) is 8.27. The number of pyridine rings is 1. The molecule has 0 saturated heterocycles. The standard InChI is InChI=1S/C14H21NO2/c1-3-5-6-7-8-14(16)12-9-13(17-4-2)11-15-10-12/h9-11H,3-8H2,1-2H3. The topological polar surface area (TPSA) is 39.2 Å². The summed E-state index contributed by atoms with van der Waals surface area (Å²) in [6.45, 7) is 4.67. The third-order valence-corrected chi connectivity index (χ3v) is 2.60. The number of carbonyl (C=O) groups is 1. The quantitative estimate of drug-likeness (QED) is 0.510. The summed E-state index contributed by atoms with van der Waals surface area (Å²) in [5.41, 5.74) is 0.660. The Bertz CT molecular complexity index is 350. The van der Waals surface area contributed by atoms with Gasteiger partial charge < -0.3 is 4.74 Å². The van der Waals surface area contributed by atoms with Crippen molar-refractivity contribution < 1.29 is 9.53 Å². The van der Waals surface area contributed by atoms with E-state index in [0.717, 1.165) is 12.8 Å². The average molecular weight is 235 g/mol. The van der Waals surface area contributed by atoms with Crippen molar-refractivity contribution in [3.05, 3.63) is 24.0 Å². The summed E-state index contributed by atoms with van der Waals surface area (Å²) in [5, 5.41) is 0. The molecule has 0 aromatic carbocycles. The predicted octanol–water partition coefficient (Wildman–Crippen LogP) is 3.63. The van der Waals surface area contributed by atoms with Gasteiger partial charge in [0.15, 0.2) is 5.78 Å². The summed E-state index contributed by atoms with van der Waals surface area (Å²) in [6, 6.07) is 1.78. The highest BCUT2D eigenvalue weighted by Gasteiger charge is 2.07. The number of hydrogen-bond acceptors (Lipinski definition) is 3. The maximum absolute atomic E-state index is 11.9. The van der Waals surface area contributed by atoms with Gasteiger partial charge in [0, 0.05) is 18.2 Å². The van der Waals surface area contributed by atoms with Gasteiger partial charge in [0.05, 0.1) is 12.8 Å². The minimum absolute atomic E-state index is 0.162. The minimum atomic E-state index is 0.162. The molecule has 1 aromatic heterocycles. The van der Waals surface area contributed by atoms with Gasteiger partial charge in [0.1, 0.15) is 5.75 Å². The number of ether oxygens (including phenoxy) is 1. The van der Waals surface area contributed by atoms with Gasteiger partial charge in [0.2, 0.25) is 0 Å². The van der Waals surface area contributed by atoms with Crippen LogP contribution in [0, 0.1) is 0 Å².